The van der Waals surface area contributed by atoms with Gasteiger partial charge in [-0.25, -0.2) is 0 Å². The van der Waals surface area contributed by atoms with Crippen LogP contribution < -0.4 is 0 Å². The second-order valence-corrected chi connectivity index (χ2v) is 5.71. The molecule has 1 aliphatic rings. The molecule has 0 aromatic heterocycles. The maximum Gasteiger partial charge on any atom is 0.125 e. The van der Waals surface area contributed by atoms with E-state index in [1.54, 1.807) is 6.07 Å². The molecule has 96 valence electrons. The topological polar surface area (TPSA) is 32.6 Å². The molecular weight excluding hydrogens is 302 g/mol. The second-order valence-electron chi connectivity index (χ2n) is 4.85. The van der Waals surface area contributed by atoms with E-state index in [0.29, 0.717) is 11.7 Å². The highest BCUT2D eigenvalue weighted by atomic mass is 79.9. The van der Waals surface area contributed by atoms with Crippen LogP contribution in [0, 0.1) is 0 Å². The second kappa shape index (κ2) is 4.82. The van der Waals surface area contributed by atoms with E-state index in [1.807, 2.05) is 36.4 Å². The smallest absolute Gasteiger partial charge is 0.125 e. The Kier molecular flexibility index (Phi) is 3.15. The van der Waals surface area contributed by atoms with Gasteiger partial charge < -0.3 is 5.11 Å². The zero-order chi connectivity index (χ0) is 13.4. The van der Waals surface area contributed by atoms with Gasteiger partial charge in [0, 0.05) is 10.0 Å². The van der Waals surface area contributed by atoms with E-state index in [2.05, 4.69) is 27.8 Å². The molecule has 0 spiro atoms. The number of fused-ring (bicyclic) bond motifs is 1. The summed E-state index contributed by atoms with van der Waals surface area (Å²) in [5, 5.41) is 10.1. The fourth-order valence-electron chi connectivity index (χ4n) is 2.62. The van der Waals surface area contributed by atoms with E-state index in [4.69, 9.17) is 0 Å². The van der Waals surface area contributed by atoms with Gasteiger partial charge >= 0.3 is 0 Å². The molecule has 0 saturated heterocycles. The quantitative estimate of drug-likeness (QED) is 0.806. The van der Waals surface area contributed by atoms with Gasteiger partial charge in [-0.3, -0.25) is 4.99 Å². The normalized spacial score (nSPS) is 19.7. The Morgan fingerprint density at radius 3 is 2.63 bits per heavy atom. The van der Waals surface area contributed by atoms with Crippen molar-refractivity contribution >= 4 is 27.3 Å². The van der Waals surface area contributed by atoms with Crippen LogP contribution in [0.2, 0.25) is 0 Å². The van der Waals surface area contributed by atoms with E-state index >= 15 is 0 Å². The molecule has 0 bridgehead atoms. The van der Waals surface area contributed by atoms with Gasteiger partial charge in [-0.2, -0.15) is 0 Å². The first-order valence-electron chi connectivity index (χ1n) is 6.31. The van der Waals surface area contributed by atoms with Crippen LogP contribution in [0.5, 0.6) is 5.75 Å². The third-order valence-corrected chi connectivity index (χ3v) is 4.16. The van der Waals surface area contributed by atoms with Gasteiger partial charge in [0.05, 0.1) is 11.4 Å². The summed E-state index contributed by atoms with van der Waals surface area (Å²) in [5.74, 6) is 0.691. The lowest BCUT2D eigenvalue weighted by Gasteiger charge is -2.07. The lowest BCUT2D eigenvalue weighted by Crippen LogP contribution is -1.94. The minimum absolute atomic E-state index is 0.317. The molecule has 2 nitrogen and oxygen atoms in total. The molecule has 1 aliphatic carbocycles. The van der Waals surface area contributed by atoms with Gasteiger partial charge in [0.1, 0.15) is 5.75 Å². The Labute approximate surface area is 120 Å². The van der Waals surface area contributed by atoms with E-state index in [-0.39, 0.29) is 0 Å². The first-order chi connectivity index (χ1) is 9.16. The summed E-state index contributed by atoms with van der Waals surface area (Å²) in [6, 6.07) is 13.5. The zero-order valence-electron chi connectivity index (χ0n) is 10.6. The van der Waals surface area contributed by atoms with Gasteiger partial charge in [-0.05, 0) is 42.2 Å². The van der Waals surface area contributed by atoms with Crippen molar-refractivity contribution in [2.75, 3.05) is 0 Å². The Morgan fingerprint density at radius 1 is 1.16 bits per heavy atom. The molecule has 2 aromatic carbocycles. The monoisotopic (exact) mass is 315 g/mol. The van der Waals surface area contributed by atoms with Crippen LogP contribution in [0.25, 0.3) is 0 Å². The number of aromatic hydroxyl groups is 1. The zero-order valence-corrected chi connectivity index (χ0v) is 12.2. The van der Waals surface area contributed by atoms with Crippen molar-refractivity contribution < 1.29 is 5.11 Å². The SMILES string of the molecule is CC1CC(=Nc2ccccc2)c2c(O)ccc(Br)c21. The van der Waals surface area contributed by atoms with Crippen LogP contribution >= 0.6 is 15.9 Å². The van der Waals surface area contributed by atoms with Crippen molar-refractivity contribution in [3.63, 3.8) is 0 Å². The number of benzene rings is 2. The van der Waals surface area contributed by atoms with Crippen molar-refractivity contribution in [3.8, 4) is 5.75 Å². The minimum Gasteiger partial charge on any atom is -0.507 e. The Hall–Kier alpha value is -1.61. The predicted octanol–water partition coefficient (Wildman–Crippen LogP) is 4.78. The van der Waals surface area contributed by atoms with Gasteiger partial charge in [0.15, 0.2) is 0 Å². The maximum absolute atomic E-state index is 10.1. The molecule has 0 fully saturated rings. The third kappa shape index (κ3) is 2.19. The van der Waals surface area contributed by atoms with E-state index in [9.17, 15) is 5.11 Å². The standard InChI is InChI=1S/C16H14BrNO/c1-10-9-13(18-11-5-3-2-4-6-11)16-14(19)8-7-12(17)15(10)16/h2-8,10,19H,9H2,1H3. The number of aliphatic imine (C=N–C) groups is 1. The Morgan fingerprint density at radius 2 is 1.89 bits per heavy atom. The first-order valence-corrected chi connectivity index (χ1v) is 7.10. The fraction of sp³-hybridized carbons (Fsp3) is 0.188. The molecule has 0 aliphatic heterocycles. The average Bonchev–Trinajstić information content (AvgIpc) is 2.73. The number of phenols is 1. The molecule has 19 heavy (non-hydrogen) atoms. The summed E-state index contributed by atoms with van der Waals surface area (Å²) >= 11 is 3.57. The summed E-state index contributed by atoms with van der Waals surface area (Å²) < 4.78 is 1.05. The van der Waals surface area contributed by atoms with Crippen LogP contribution in [0.3, 0.4) is 0 Å². The third-order valence-electron chi connectivity index (χ3n) is 3.47. The van der Waals surface area contributed by atoms with Crippen molar-refractivity contribution in [2.45, 2.75) is 19.3 Å². The molecule has 1 atom stereocenters. The largest absolute Gasteiger partial charge is 0.507 e. The van der Waals surface area contributed by atoms with Crippen LogP contribution in [-0.4, -0.2) is 10.8 Å². The van der Waals surface area contributed by atoms with Crippen molar-refractivity contribution in [3.05, 3.63) is 58.1 Å². The fourth-order valence-corrected chi connectivity index (χ4v) is 3.34. The van der Waals surface area contributed by atoms with Gasteiger partial charge in [-0.1, -0.05) is 41.1 Å². The van der Waals surface area contributed by atoms with Crippen molar-refractivity contribution in [1.29, 1.82) is 0 Å². The summed E-state index contributed by atoms with van der Waals surface area (Å²) in [6.45, 7) is 2.16. The summed E-state index contributed by atoms with van der Waals surface area (Å²) in [4.78, 5) is 4.69. The maximum atomic E-state index is 10.1. The molecule has 0 radical (unpaired) electrons. The summed E-state index contributed by atoms with van der Waals surface area (Å²) in [5.41, 5.74) is 3.95. The number of hydrogen-bond acceptors (Lipinski definition) is 2. The number of phenolic OH excluding ortho intramolecular Hbond substituents is 1. The first kappa shape index (κ1) is 12.4. The number of hydrogen-bond donors (Lipinski definition) is 1. The highest BCUT2D eigenvalue weighted by Gasteiger charge is 2.29. The average molecular weight is 316 g/mol. The molecule has 0 heterocycles. The summed E-state index contributed by atoms with van der Waals surface area (Å²) in [7, 11) is 0. The molecule has 3 heteroatoms. The van der Waals surface area contributed by atoms with Gasteiger partial charge in [-0.15, -0.1) is 0 Å². The molecule has 3 rings (SSSR count). The van der Waals surface area contributed by atoms with Crippen LogP contribution in [0.1, 0.15) is 30.4 Å². The van der Waals surface area contributed by atoms with E-state index in [0.717, 1.165) is 33.4 Å². The molecular formula is C16H14BrNO. The molecule has 2 aromatic rings. The van der Waals surface area contributed by atoms with E-state index in [1.165, 1.54) is 0 Å². The highest BCUT2D eigenvalue weighted by Crippen LogP contribution is 2.42. The van der Waals surface area contributed by atoms with Crippen LogP contribution in [-0.2, 0) is 0 Å². The molecule has 1 N–H and O–H groups in total. The van der Waals surface area contributed by atoms with Gasteiger partial charge in [0.25, 0.3) is 0 Å². The Bertz CT molecular complexity index is 649. The lowest BCUT2D eigenvalue weighted by molar-refractivity contribution is 0.473. The highest BCUT2D eigenvalue weighted by molar-refractivity contribution is 9.10. The Balaban J connectivity index is 2.15. The van der Waals surface area contributed by atoms with Gasteiger partial charge in [0.2, 0.25) is 0 Å². The number of para-hydroxylation sites is 1. The molecule has 0 amide bonds. The van der Waals surface area contributed by atoms with Crippen LogP contribution in [0.15, 0.2) is 51.9 Å². The minimum atomic E-state index is 0.317. The van der Waals surface area contributed by atoms with Crippen LogP contribution in [0.4, 0.5) is 5.69 Å². The van der Waals surface area contributed by atoms with E-state index < -0.39 is 0 Å². The predicted molar refractivity (Wildman–Crippen MR) is 81.5 cm³/mol. The summed E-state index contributed by atoms with van der Waals surface area (Å²) in [6.07, 6.45) is 0.862. The molecule has 1 unspecified atom stereocenters. The number of halogens is 1. The lowest BCUT2D eigenvalue weighted by atomic mass is 10.0. The van der Waals surface area contributed by atoms with Crippen molar-refractivity contribution in [2.24, 2.45) is 4.99 Å². The number of nitrogens with zero attached hydrogens (tertiary/aromatic N) is 1. The number of rotatable bonds is 1. The van der Waals surface area contributed by atoms with Crippen molar-refractivity contribution in [1.82, 2.24) is 0 Å². The molecule has 0 saturated carbocycles.